The van der Waals surface area contributed by atoms with Gasteiger partial charge >= 0.3 is 0 Å². The molecule has 5 nitrogen and oxygen atoms in total. The van der Waals surface area contributed by atoms with E-state index in [2.05, 4.69) is 26.0 Å². The first-order chi connectivity index (χ1) is 8.22. The highest BCUT2D eigenvalue weighted by Crippen LogP contribution is 2.34. The van der Waals surface area contributed by atoms with E-state index in [9.17, 15) is 13.2 Å². The summed E-state index contributed by atoms with van der Waals surface area (Å²) in [5.74, 6) is -0.379. The normalized spacial score (nSPS) is 11.8. The fourth-order valence-electron chi connectivity index (χ4n) is 1.06. The van der Waals surface area contributed by atoms with Crippen LogP contribution < -0.4 is 10.0 Å². The maximum atomic E-state index is 11.8. The van der Waals surface area contributed by atoms with Crippen molar-refractivity contribution in [2.45, 2.75) is 24.1 Å². The minimum Gasteiger partial charge on any atom is -0.353 e. The van der Waals surface area contributed by atoms with Gasteiger partial charge in [-0.3, -0.25) is 4.79 Å². The summed E-state index contributed by atoms with van der Waals surface area (Å²) in [6.45, 7) is 3.29. The molecule has 1 heterocycles. The average Bonchev–Trinajstić information content (AvgIpc) is 2.56. The van der Waals surface area contributed by atoms with Crippen LogP contribution in [0.5, 0.6) is 0 Å². The number of hydrogen-bond donors (Lipinski definition) is 2. The number of carbonyl (C=O) groups is 1. The molecule has 1 amide bonds. The number of thiophene rings is 1. The molecule has 0 saturated carbocycles. The van der Waals surface area contributed by atoms with Crippen molar-refractivity contribution in [3.63, 3.8) is 0 Å². The Kier molecular flexibility index (Phi) is 5.60. The van der Waals surface area contributed by atoms with Crippen LogP contribution in [0, 0.1) is 0 Å². The van der Waals surface area contributed by atoms with Crippen LogP contribution in [0.4, 0.5) is 0 Å². The molecule has 2 N–H and O–H groups in total. The Hall–Kier alpha value is -0.150. The summed E-state index contributed by atoms with van der Waals surface area (Å²) in [6.07, 6.45) is 0. The standard InChI is InChI=1S/C9H12BrClN2O3S2/c1-5(2)13-7(14)4-12-18(15,16)8-3-6(11)9(10)17-8/h3,5,12H,4H2,1-2H3,(H,13,14). The summed E-state index contributed by atoms with van der Waals surface area (Å²) in [4.78, 5) is 11.3. The topological polar surface area (TPSA) is 75.3 Å². The Morgan fingerprint density at radius 1 is 1.56 bits per heavy atom. The fraction of sp³-hybridized carbons (Fsp3) is 0.444. The number of halogens is 2. The zero-order chi connectivity index (χ0) is 13.9. The zero-order valence-electron chi connectivity index (χ0n) is 9.66. The summed E-state index contributed by atoms with van der Waals surface area (Å²) < 4.78 is 26.5. The summed E-state index contributed by atoms with van der Waals surface area (Å²) in [7, 11) is -3.70. The van der Waals surface area contributed by atoms with E-state index in [-0.39, 0.29) is 22.7 Å². The fourth-order valence-corrected chi connectivity index (χ4v) is 4.49. The number of hydrogen-bond acceptors (Lipinski definition) is 4. The second-order valence-electron chi connectivity index (χ2n) is 3.73. The molecule has 102 valence electrons. The highest BCUT2D eigenvalue weighted by atomic mass is 79.9. The molecule has 1 aromatic rings. The molecule has 18 heavy (non-hydrogen) atoms. The molecule has 0 unspecified atom stereocenters. The van der Waals surface area contributed by atoms with Crippen LogP contribution in [0.2, 0.25) is 5.02 Å². The molecule has 0 aliphatic heterocycles. The van der Waals surface area contributed by atoms with Crippen molar-refractivity contribution < 1.29 is 13.2 Å². The molecular weight excluding hydrogens is 364 g/mol. The van der Waals surface area contributed by atoms with E-state index in [0.29, 0.717) is 8.81 Å². The van der Waals surface area contributed by atoms with Gasteiger partial charge in [0, 0.05) is 6.04 Å². The summed E-state index contributed by atoms with van der Waals surface area (Å²) in [5, 5.41) is 2.91. The molecule has 0 aliphatic rings. The predicted molar refractivity (Wildman–Crippen MR) is 75.5 cm³/mol. The zero-order valence-corrected chi connectivity index (χ0v) is 13.6. The first kappa shape index (κ1) is 15.9. The third-order valence-electron chi connectivity index (χ3n) is 1.76. The summed E-state index contributed by atoms with van der Waals surface area (Å²) in [6, 6.07) is 1.30. The second-order valence-corrected chi connectivity index (χ2v) is 8.50. The SMILES string of the molecule is CC(C)NC(=O)CNS(=O)(=O)c1cc(Cl)c(Br)s1. The largest absolute Gasteiger partial charge is 0.353 e. The van der Waals surface area contributed by atoms with Gasteiger partial charge in [0.25, 0.3) is 10.0 Å². The van der Waals surface area contributed by atoms with Crippen LogP contribution in [-0.2, 0) is 14.8 Å². The van der Waals surface area contributed by atoms with Gasteiger partial charge in [-0.15, -0.1) is 11.3 Å². The predicted octanol–water partition coefficient (Wildman–Crippen LogP) is 1.97. The van der Waals surface area contributed by atoms with Crippen LogP contribution in [0.25, 0.3) is 0 Å². The molecule has 0 radical (unpaired) electrons. The van der Waals surface area contributed by atoms with Crippen molar-refractivity contribution in [2.75, 3.05) is 6.54 Å². The number of sulfonamides is 1. The van der Waals surface area contributed by atoms with E-state index in [1.807, 2.05) is 0 Å². The van der Waals surface area contributed by atoms with Crippen LogP contribution in [0.15, 0.2) is 14.1 Å². The third kappa shape index (κ3) is 4.51. The van der Waals surface area contributed by atoms with E-state index >= 15 is 0 Å². The van der Waals surface area contributed by atoms with Crippen molar-refractivity contribution in [3.05, 3.63) is 14.9 Å². The molecule has 0 atom stereocenters. The maximum Gasteiger partial charge on any atom is 0.250 e. The monoisotopic (exact) mass is 374 g/mol. The number of nitrogens with one attached hydrogen (secondary N) is 2. The van der Waals surface area contributed by atoms with Crippen molar-refractivity contribution in [1.82, 2.24) is 10.0 Å². The van der Waals surface area contributed by atoms with Gasteiger partial charge in [-0.1, -0.05) is 11.6 Å². The highest BCUT2D eigenvalue weighted by Gasteiger charge is 2.19. The maximum absolute atomic E-state index is 11.8. The van der Waals surface area contributed by atoms with E-state index in [0.717, 1.165) is 11.3 Å². The third-order valence-corrected chi connectivity index (χ3v) is 6.11. The molecule has 9 heteroatoms. The van der Waals surface area contributed by atoms with Gasteiger partial charge in [0.05, 0.1) is 15.4 Å². The van der Waals surface area contributed by atoms with E-state index in [1.165, 1.54) is 6.07 Å². The number of amides is 1. The second kappa shape index (κ2) is 6.33. The van der Waals surface area contributed by atoms with E-state index in [4.69, 9.17) is 11.6 Å². The van der Waals surface area contributed by atoms with Gasteiger partial charge in [-0.2, -0.15) is 0 Å². The van der Waals surface area contributed by atoms with Gasteiger partial charge in [-0.05, 0) is 35.8 Å². The van der Waals surface area contributed by atoms with Gasteiger partial charge in [0.15, 0.2) is 0 Å². The summed E-state index contributed by atoms with van der Waals surface area (Å²) in [5.41, 5.74) is 0. The minimum atomic E-state index is -3.70. The van der Waals surface area contributed by atoms with E-state index < -0.39 is 10.0 Å². The lowest BCUT2D eigenvalue weighted by Crippen LogP contribution is -2.39. The van der Waals surface area contributed by atoms with E-state index in [1.54, 1.807) is 13.8 Å². The van der Waals surface area contributed by atoms with Crippen molar-refractivity contribution >= 4 is 54.8 Å². The molecule has 0 aliphatic carbocycles. The lowest BCUT2D eigenvalue weighted by molar-refractivity contribution is -0.120. The van der Waals surface area contributed by atoms with Crippen LogP contribution in [0.3, 0.4) is 0 Å². The molecule has 0 saturated heterocycles. The van der Waals surface area contributed by atoms with Crippen LogP contribution in [-0.4, -0.2) is 26.9 Å². The summed E-state index contributed by atoms with van der Waals surface area (Å²) >= 11 is 9.88. The molecule has 0 bridgehead atoms. The van der Waals surface area contributed by atoms with Crippen molar-refractivity contribution in [1.29, 1.82) is 0 Å². The smallest absolute Gasteiger partial charge is 0.250 e. The van der Waals surface area contributed by atoms with Crippen LogP contribution >= 0.6 is 38.9 Å². The number of carbonyl (C=O) groups excluding carboxylic acids is 1. The lowest BCUT2D eigenvalue weighted by Gasteiger charge is -2.08. The number of rotatable bonds is 5. The lowest BCUT2D eigenvalue weighted by atomic mass is 10.4. The Labute approximate surface area is 123 Å². The highest BCUT2D eigenvalue weighted by molar-refractivity contribution is 9.11. The molecule has 0 aromatic carbocycles. The molecule has 0 fully saturated rings. The van der Waals surface area contributed by atoms with Gasteiger partial charge in [-0.25, -0.2) is 13.1 Å². The van der Waals surface area contributed by atoms with Crippen molar-refractivity contribution in [3.8, 4) is 0 Å². The van der Waals surface area contributed by atoms with Gasteiger partial charge < -0.3 is 5.32 Å². The molecule has 1 aromatic heterocycles. The molecule has 1 rings (SSSR count). The van der Waals surface area contributed by atoms with Crippen LogP contribution in [0.1, 0.15) is 13.8 Å². The Balaban J connectivity index is 2.69. The Morgan fingerprint density at radius 2 is 2.17 bits per heavy atom. The molecule has 0 spiro atoms. The van der Waals surface area contributed by atoms with Gasteiger partial charge in [0.1, 0.15) is 4.21 Å². The molecular formula is C9H12BrClN2O3S2. The van der Waals surface area contributed by atoms with Crippen molar-refractivity contribution in [2.24, 2.45) is 0 Å². The minimum absolute atomic E-state index is 0.0349. The average molecular weight is 376 g/mol. The quantitative estimate of drug-likeness (QED) is 0.826. The first-order valence-corrected chi connectivity index (χ1v) is 8.43. The Morgan fingerprint density at radius 3 is 2.61 bits per heavy atom. The van der Waals surface area contributed by atoms with Gasteiger partial charge in [0.2, 0.25) is 5.91 Å². The Bertz CT molecular complexity index is 523. The first-order valence-electron chi connectivity index (χ1n) is 4.96.